The Morgan fingerprint density at radius 2 is 1.72 bits per heavy atom. The van der Waals surface area contributed by atoms with E-state index in [9.17, 15) is 14.0 Å². The van der Waals surface area contributed by atoms with Gasteiger partial charge >= 0.3 is 5.97 Å². The topological polar surface area (TPSA) is 99.5 Å². The van der Waals surface area contributed by atoms with Crippen LogP contribution in [0.5, 0.6) is 0 Å². The summed E-state index contributed by atoms with van der Waals surface area (Å²) in [6.07, 6.45) is 5.39. The van der Waals surface area contributed by atoms with E-state index in [4.69, 9.17) is 15.1 Å². The van der Waals surface area contributed by atoms with Crippen LogP contribution in [0.4, 0.5) is 10.1 Å². The maximum absolute atomic E-state index is 13.5. The number of unbranched alkanes of at least 4 members (excludes halogenated alkanes) is 1. The molecule has 8 nitrogen and oxygen atoms in total. The summed E-state index contributed by atoms with van der Waals surface area (Å²) in [5.41, 5.74) is 6.13. The van der Waals surface area contributed by atoms with Gasteiger partial charge in [-0.1, -0.05) is 0 Å². The lowest BCUT2D eigenvalue weighted by atomic mass is 10.0. The number of benzene rings is 2. The second-order valence-corrected chi connectivity index (χ2v) is 9.77. The van der Waals surface area contributed by atoms with Crippen LogP contribution in [0.15, 0.2) is 60.9 Å². The number of aliphatic carboxylic acids is 1. The molecule has 39 heavy (non-hydrogen) atoms. The van der Waals surface area contributed by atoms with Gasteiger partial charge in [0.05, 0.1) is 22.4 Å². The summed E-state index contributed by atoms with van der Waals surface area (Å²) in [5.74, 6) is -1.22. The Balaban J connectivity index is 1.37. The number of nitrogens with zero attached hydrogens (tertiary/aromatic N) is 5. The molecule has 0 radical (unpaired) electrons. The lowest BCUT2D eigenvalue weighted by Gasteiger charge is -2.36. The van der Waals surface area contributed by atoms with Crippen LogP contribution in [-0.2, 0) is 11.2 Å². The Kier molecular flexibility index (Phi) is 7.76. The van der Waals surface area contributed by atoms with Gasteiger partial charge in [-0.15, -0.1) is 0 Å². The quantitative estimate of drug-likeness (QED) is 0.326. The Morgan fingerprint density at radius 1 is 0.949 bits per heavy atom. The van der Waals surface area contributed by atoms with Crippen molar-refractivity contribution in [2.24, 2.45) is 0 Å². The summed E-state index contributed by atoms with van der Waals surface area (Å²) in [4.78, 5) is 42.3. The van der Waals surface area contributed by atoms with Crippen molar-refractivity contribution in [1.82, 2.24) is 19.9 Å². The standard InChI is InChI=1S/C30H30FN5O3/c1-20-19-32-13-12-27(20)35-14-16-36(17-15-35)30(39)22-8-11-24-26(18-22)33-25(4-2-3-5-28(37)38)29(34-24)21-6-9-23(31)10-7-21/h6-13,18-19H,2-5,14-17H2,1H3,(H,37,38). The zero-order chi connectivity index (χ0) is 27.4. The van der Waals surface area contributed by atoms with E-state index in [1.165, 1.54) is 12.1 Å². The minimum atomic E-state index is -0.835. The average molecular weight is 528 g/mol. The molecule has 2 aromatic carbocycles. The predicted octanol–water partition coefficient (Wildman–Crippen LogP) is 4.90. The zero-order valence-electron chi connectivity index (χ0n) is 21.8. The van der Waals surface area contributed by atoms with Gasteiger partial charge in [-0.05, 0) is 80.3 Å². The molecule has 4 aromatic rings. The highest BCUT2D eigenvalue weighted by atomic mass is 19.1. The van der Waals surface area contributed by atoms with Crippen LogP contribution in [0.3, 0.4) is 0 Å². The molecule has 1 aliphatic rings. The number of rotatable bonds is 8. The first kappa shape index (κ1) is 26.2. The van der Waals surface area contributed by atoms with Gasteiger partial charge in [-0.3, -0.25) is 14.6 Å². The van der Waals surface area contributed by atoms with Crippen LogP contribution in [0.2, 0.25) is 0 Å². The Bertz CT molecular complexity index is 1500. The van der Waals surface area contributed by atoms with Crippen LogP contribution in [-0.4, -0.2) is 63.0 Å². The number of aromatic nitrogens is 3. The molecule has 1 fully saturated rings. The SMILES string of the molecule is Cc1cnccc1N1CCN(C(=O)c2ccc3nc(-c4ccc(F)cc4)c(CCCCC(=O)O)nc3c2)CC1. The van der Waals surface area contributed by atoms with Crippen molar-refractivity contribution in [3.8, 4) is 11.3 Å². The van der Waals surface area contributed by atoms with Gasteiger partial charge in [0.15, 0.2) is 0 Å². The number of carboxylic acid groups (broad SMARTS) is 1. The number of piperazine rings is 1. The van der Waals surface area contributed by atoms with Gasteiger partial charge in [-0.2, -0.15) is 0 Å². The second-order valence-electron chi connectivity index (χ2n) is 9.77. The van der Waals surface area contributed by atoms with Crippen molar-refractivity contribution in [2.45, 2.75) is 32.6 Å². The van der Waals surface area contributed by atoms with Crippen LogP contribution in [0.25, 0.3) is 22.3 Å². The monoisotopic (exact) mass is 527 g/mol. The lowest BCUT2D eigenvalue weighted by molar-refractivity contribution is -0.137. The van der Waals surface area contributed by atoms with Gasteiger partial charge in [0.2, 0.25) is 0 Å². The van der Waals surface area contributed by atoms with E-state index in [2.05, 4.69) is 9.88 Å². The first-order valence-electron chi connectivity index (χ1n) is 13.1. The molecule has 200 valence electrons. The zero-order valence-corrected chi connectivity index (χ0v) is 21.8. The van der Waals surface area contributed by atoms with Gasteiger partial charge in [0, 0.05) is 61.8 Å². The van der Waals surface area contributed by atoms with Crippen molar-refractivity contribution >= 4 is 28.6 Å². The van der Waals surface area contributed by atoms with Crippen molar-refractivity contribution in [2.75, 3.05) is 31.1 Å². The fourth-order valence-electron chi connectivity index (χ4n) is 4.96. The van der Waals surface area contributed by atoms with Crippen molar-refractivity contribution in [3.05, 3.63) is 83.6 Å². The van der Waals surface area contributed by atoms with E-state index in [1.54, 1.807) is 36.5 Å². The molecule has 3 heterocycles. The average Bonchev–Trinajstić information content (AvgIpc) is 2.95. The Morgan fingerprint density at radius 3 is 2.44 bits per heavy atom. The summed E-state index contributed by atoms with van der Waals surface area (Å²) in [7, 11) is 0. The molecule has 0 bridgehead atoms. The second kappa shape index (κ2) is 11.6. The van der Waals surface area contributed by atoms with E-state index in [1.807, 2.05) is 24.1 Å². The van der Waals surface area contributed by atoms with E-state index < -0.39 is 5.97 Å². The summed E-state index contributed by atoms with van der Waals surface area (Å²) in [5, 5.41) is 8.98. The molecule has 9 heteroatoms. The number of pyridine rings is 1. The number of carbonyl (C=O) groups excluding carboxylic acids is 1. The molecule has 0 atom stereocenters. The number of carbonyl (C=O) groups is 2. The molecule has 1 aliphatic heterocycles. The molecule has 1 N–H and O–H groups in total. The van der Waals surface area contributed by atoms with E-state index in [0.29, 0.717) is 60.3 Å². The van der Waals surface area contributed by atoms with Gasteiger partial charge in [-0.25, -0.2) is 14.4 Å². The maximum atomic E-state index is 13.5. The molecular weight excluding hydrogens is 497 g/mol. The minimum absolute atomic E-state index is 0.0459. The van der Waals surface area contributed by atoms with Gasteiger partial charge in [0.25, 0.3) is 5.91 Å². The van der Waals surface area contributed by atoms with Crippen LogP contribution < -0.4 is 4.90 Å². The number of halogens is 1. The largest absolute Gasteiger partial charge is 0.481 e. The summed E-state index contributed by atoms with van der Waals surface area (Å²) in [6, 6.07) is 13.5. The predicted molar refractivity (Wildman–Crippen MR) is 147 cm³/mol. The van der Waals surface area contributed by atoms with Crippen LogP contribution in [0.1, 0.15) is 40.9 Å². The minimum Gasteiger partial charge on any atom is -0.481 e. The molecule has 2 aromatic heterocycles. The third-order valence-electron chi connectivity index (χ3n) is 7.05. The maximum Gasteiger partial charge on any atom is 0.303 e. The number of fused-ring (bicyclic) bond motifs is 1. The number of hydrogen-bond donors (Lipinski definition) is 1. The van der Waals surface area contributed by atoms with Gasteiger partial charge in [0.1, 0.15) is 5.82 Å². The molecule has 5 rings (SSSR count). The fourth-order valence-corrected chi connectivity index (χ4v) is 4.96. The van der Waals surface area contributed by atoms with Crippen molar-refractivity contribution in [3.63, 3.8) is 0 Å². The van der Waals surface area contributed by atoms with Crippen LogP contribution in [0, 0.1) is 12.7 Å². The third-order valence-corrected chi connectivity index (χ3v) is 7.05. The smallest absolute Gasteiger partial charge is 0.303 e. The highest BCUT2D eigenvalue weighted by Gasteiger charge is 2.24. The third kappa shape index (κ3) is 6.03. The van der Waals surface area contributed by atoms with E-state index in [-0.39, 0.29) is 18.1 Å². The molecule has 0 unspecified atom stereocenters. The summed E-state index contributed by atoms with van der Waals surface area (Å²) < 4.78 is 13.5. The number of amides is 1. The first-order valence-corrected chi connectivity index (χ1v) is 13.1. The van der Waals surface area contributed by atoms with Gasteiger partial charge < -0.3 is 14.9 Å². The number of aryl methyl sites for hydroxylation is 2. The molecule has 0 aliphatic carbocycles. The number of hydrogen-bond acceptors (Lipinski definition) is 6. The molecule has 1 saturated heterocycles. The molecule has 0 spiro atoms. The lowest BCUT2D eigenvalue weighted by Crippen LogP contribution is -2.49. The first-order chi connectivity index (χ1) is 18.9. The summed E-state index contributed by atoms with van der Waals surface area (Å²) >= 11 is 0. The fraction of sp³-hybridized carbons (Fsp3) is 0.300. The van der Waals surface area contributed by atoms with E-state index >= 15 is 0 Å². The van der Waals surface area contributed by atoms with Crippen LogP contribution >= 0.6 is 0 Å². The summed E-state index contributed by atoms with van der Waals surface area (Å²) in [6.45, 7) is 4.75. The Hall–Kier alpha value is -4.40. The Labute approximate surface area is 226 Å². The normalized spacial score (nSPS) is 13.6. The van der Waals surface area contributed by atoms with Crippen molar-refractivity contribution < 1.29 is 19.1 Å². The number of anilines is 1. The van der Waals surface area contributed by atoms with E-state index in [0.717, 1.165) is 29.9 Å². The number of carboxylic acids is 1. The molecule has 0 saturated carbocycles. The highest BCUT2D eigenvalue weighted by Crippen LogP contribution is 2.27. The van der Waals surface area contributed by atoms with Crippen molar-refractivity contribution in [1.29, 1.82) is 0 Å². The molecular formula is C30H30FN5O3. The highest BCUT2D eigenvalue weighted by molar-refractivity contribution is 5.97. The molecule has 1 amide bonds.